The van der Waals surface area contributed by atoms with Crippen LogP contribution in [0.15, 0.2) is 71.8 Å². The number of aryl methyl sites for hydroxylation is 2. The van der Waals surface area contributed by atoms with E-state index in [4.69, 9.17) is 21.1 Å². The number of fused-ring (bicyclic) bond motifs is 1. The van der Waals surface area contributed by atoms with Crippen molar-refractivity contribution in [3.05, 3.63) is 93.3 Å². The zero-order chi connectivity index (χ0) is 24.1. The van der Waals surface area contributed by atoms with Gasteiger partial charge in [0, 0.05) is 10.1 Å². The third-order valence-corrected chi connectivity index (χ3v) is 6.70. The van der Waals surface area contributed by atoms with E-state index >= 15 is 0 Å². The number of hydrogen-bond donors (Lipinski definition) is 1. The second-order valence-corrected chi connectivity index (χ2v) is 8.96. The first-order valence-electron chi connectivity index (χ1n) is 10.4. The lowest BCUT2D eigenvalue weighted by Crippen LogP contribution is -2.24. The van der Waals surface area contributed by atoms with Crippen molar-refractivity contribution >= 4 is 51.1 Å². The summed E-state index contributed by atoms with van der Waals surface area (Å²) in [5, 5.41) is 5.14. The lowest BCUT2D eigenvalue weighted by molar-refractivity contribution is -0.123. The van der Waals surface area contributed by atoms with E-state index in [0.29, 0.717) is 27.0 Å². The highest BCUT2D eigenvalue weighted by molar-refractivity contribution is 7.21. The quantitative estimate of drug-likeness (QED) is 0.150. The second-order valence-electron chi connectivity index (χ2n) is 7.53. The number of halogens is 1. The van der Waals surface area contributed by atoms with Gasteiger partial charge in [0.15, 0.2) is 6.61 Å². The van der Waals surface area contributed by atoms with Gasteiger partial charge in [-0.05, 0) is 60.9 Å². The number of carbonyl (C=O) groups excluding carboxylic acids is 2. The molecule has 0 unspecified atom stereocenters. The van der Waals surface area contributed by atoms with Crippen LogP contribution in [0.4, 0.5) is 0 Å². The van der Waals surface area contributed by atoms with Crippen LogP contribution in [0, 0.1) is 13.8 Å². The summed E-state index contributed by atoms with van der Waals surface area (Å²) in [5.74, 6) is 0.0379. The molecule has 172 valence electrons. The molecule has 0 aliphatic carbocycles. The number of thiophene rings is 1. The van der Waals surface area contributed by atoms with Gasteiger partial charge in [0.05, 0.1) is 11.2 Å². The van der Waals surface area contributed by atoms with Crippen molar-refractivity contribution < 1.29 is 19.1 Å². The molecule has 1 N–H and O–H groups in total. The molecule has 0 aliphatic heterocycles. The maximum Gasteiger partial charge on any atom is 0.355 e. The van der Waals surface area contributed by atoms with Gasteiger partial charge in [0.25, 0.3) is 5.91 Å². The fourth-order valence-electron chi connectivity index (χ4n) is 3.12. The Hall–Kier alpha value is -3.68. The molecular formula is C26H21ClN2O4S. The van der Waals surface area contributed by atoms with Crippen molar-refractivity contribution in [2.75, 3.05) is 6.61 Å². The van der Waals surface area contributed by atoms with Crippen molar-refractivity contribution in [2.24, 2.45) is 5.10 Å². The predicted molar refractivity (Wildman–Crippen MR) is 135 cm³/mol. The van der Waals surface area contributed by atoms with Gasteiger partial charge in [0.1, 0.15) is 16.4 Å². The van der Waals surface area contributed by atoms with E-state index in [1.54, 1.807) is 24.3 Å². The van der Waals surface area contributed by atoms with Gasteiger partial charge in [-0.3, -0.25) is 4.79 Å². The third-order valence-electron chi connectivity index (χ3n) is 5.04. The van der Waals surface area contributed by atoms with Crippen LogP contribution in [0.2, 0.25) is 5.02 Å². The van der Waals surface area contributed by atoms with Crippen LogP contribution in [-0.2, 0) is 4.79 Å². The number of amides is 1. The Labute approximate surface area is 205 Å². The van der Waals surface area contributed by atoms with Crippen molar-refractivity contribution in [3.63, 3.8) is 0 Å². The summed E-state index contributed by atoms with van der Waals surface area (Å²) >= 11 is 7.65. The van der Waals surface area contributed by atoms with Gasteiger partial charge in [0.2, 0.25) is 0 Å². The molecule has 4 rings (SSSR count). The second kappa shape index (κ2) is 10.5. The lowest BCUT2D eigenvalue weighted by Gasteiger charge is -2.07. The average Bonchev–Trinajstić information content (AvgIpc) is 3.17. The minimum Gasteiger partial charge on any atom is -0.484 e. The van der Waals surface area contributed by atoms with Gasteiger partial charge in [-0.15, -0.1) is 11.3 Å². The standard InChI is InChI=1S/C26H21ClN2O4S/c1-16-10-11-19(12-17(16)2)32-15-23(30)29-28-14-18-6-5-7-20(13-18)33-26(31)25-24(27)21-8-3-4-9-22(21)34-25/h3-14H,15H2,1-2H3,(H,29,30)/b28-14+. The maximum absolute atomic E-state index is 12.6. The first kappa shape index (κ1) is 23.5. The van der Waals surface area contributed by atoms with Crippen LogP contribution < -0.4 is 14.9 Å². The maximum atomic E-state index is 12.6. The number of nitrogens with zero attached hydrogens (tertiary/aromatic N) is 1. The van der Waals surface area contributed by atoms with E-state index in [2.05, 4.69) is 10.5 Å². The molecule has 34 heavy (non-hydrogen) atoms. The van der Waals surface area contributed by atoms with Gasteiger partial charge >= 0.3 is 5.97 Å². The van der Waals surface area contributed by atoms with E-state index in [1.807, 2.05) is 56.3 Å². The molecule has 3 aromatic carbocycles. The Balaban J connectivity index is 1.33. The van der Waals surface area contributed by atoms with Gasteiger partial charge in [-0.2, -0.15) is 5.10 Å². The molecule has 6 nitrogen and oxygen atoms in total. The van der Waals surface area contributed by atoms with E-state index in [0.717, 1.165) is 21.2 Å². The molecule has 8 heteroatoms. The minimum atomic E-state index is -0.530. The molecule has 0 radical (unpaired) electrons. The number of hydrogen-bond acceptors (Lipinski definition) is 6. The molecule has 0 atom stereocenters. The number of hydrazone groups is 1. The van der Waals surface area contributed by atoms with Crippen molar-refractivity contribution in [1.29, 1.82) is 0 Å². The van der Waals surface area contributed by atoms with Crippen molar-refractivity contribution in [2.45, 2.75) is 13.8 Å². The zero-order valence-corrected chi connectivity index (χ0v) is 20.1. The Morgan fingerprint density at radius 3 is 2.62 bits per heavy atom. The van der Waals surface area contributed by atoms with Crippen molar-refractivity contribution in [1.82, 2.24) is 5.43 Å². The molecule has 0 saturated heterocycles. The van der Waals surface area contributed by atoms with Crippen LogP contribution in [-0.4, -0.2) is 24.7 Å². The zero-order valence-electron chi connectivity index (χ0n) is 18.5. The topological polar surface area (TPSA) is 77.0 Å². The monoisotopic (exact) mass is 492 g/mol. The SMILES string of the molecule is Cc1ccc(OCC(=O)N/N=C/c2cccc(OC(=O)c3sc4ccccc4c3Cl)c2)cc1C. The number of rotatable bonds is 7. The Morgan fingerprint density at radius 1 is 1.00 bits per heavy atom. The molecule has 0 fully saturated rings. The van der Waals surface area contributed by atoms with Crippen LogP contribution in [0.3, 0.4) is 0 Å². The van der Waals surface area contributed by atoms with Gasteiger partial charge in [-0.25, -0.2) is 10.2 Å². The third kappa shape index (κ3) is 5.62. The van der Waals surface area contributed by atoms with E-state index in [9.17, 15) is 9.59 Å². The first-order chi connectivity index (χ1) is 16.4. The summed E-state index contributed by atoms with van der Waals surface area (Å²) in [7, 11) is 0. The largest absolute Gasteiger partial charge is 0.484 e. The average molecular weight is 493 g/mol. The normalized spacial score (nSPS) is 11.0. The highest BCUT2D eigenvalue weighted by Crippen LogP contribution is 2.35. The van der Waals surface area contributed by atoms with Crippen LogP contribution >= 0.6 is 22.9 Å². The molecule has 1 heterocycles. The number of esters is 1. The highest BCUT2D eigenvalue weighted by atomic mass is 35.5. The predicted octanol–water partition coefficient (Wildman–Crippen LogP) is 5.92. The summed E-state index contributed by atoms with van der Waals surface area (Å²) in [6.45, 7) is 3.83. The molecule has 0 spiro atoms. The highest BCUT2D eigenvalue weighted by Gasteiger charge is 2.19. The molecule has 4 aromatic rings. The van der Waals surface area contributed by atoms with Gasteiger partial charge < -0.3 is 9.47 Å². The van der Waals surface area contributed by atoms with Crippen LogP contribution in [0.1, 0.15) is 26.4 Å². The number of benzene rings is 3. The van der Waals surface area contributed by atoms with E-state index < -0.39 is 11.9 Å². The summed E-state index contributed by atoms with van der Waals surface area (Å²) in [6.07, 6.45) is 1.46. The lowest BCUT2D eigenvalue weighted by atomic mass is 10.1. The van der Waals surface area contributed by atoms with E-state index in [1.165, 1.54) is 17.6 Å². The number of nitrogens with one attached hydrogen (secondary N) is 1. The Bertz CT molecular complexity index is 1400. The minimum absolute atomic E-state index is 0.159. The molecule has 1 aromatic heterocycles. The number of carbonyl (C=O) groups is 2. The number of ether oxygens (including phenoxy) is 2. The summed E-state index contributed by atoms with van der Waals surface area (Å²) in [5.41, 5.74) is 5.30. The van der Waals surface area contributed by atoms with Gasteiger partial charge in [-0.1, -0.05) is 48.0 Å². The fraction of sp³-hybridized carbons (Fsp3) is 0.115. The van der Waals surface area contributed by atoms with Crippen LogP contribution in [0.5, 0.6) is 11.5 Å². The molecular weight excluding hydrogens is 472 g/mol. The van der Waals surface area contributed by atoms with Crippen LogP contribution in [0.25, 0.3) is 10.1 Å². The van der Waals surface area contributed by atoms with Crippen molar-refractivity contribution in [3.8, 4) is 11.5 Å². The fourth-order valence-corrected chi connectivity index (χ4v) is 4.51. The smallest absolute Gasteiger partial charge is 0.355 e. The first-order valence-corrected chi connectivity index (χ1v) is 11.6. The Kier molecular flexibility index (Phi) is 7.25. The molecule has 1 amide bonds. The summed E-state index contributed by atoms with van der Waals surface area (Å²) in [6, 6.07) is 20.0. The summed E-state index contributed by atoms with van der Waals surface area (Å²) < 4.78 is 11.9. The van der Waals surface area contributed by atoms with E-state index in [-0.39, 0.29) is 6.61 Å². The molecule has 0 saturated carbocycles. The summed E-state index contributed by atoms with van der Waals surface area (Å²) in [4.78, 5) is 25.0. The Morgan fingerprint density at radius 2 is 1.82 bits per heavy atom. The molecule has 0 bridgehead atoms. The molecule has 0 aliphatic rings.